The largest absolute Gasteiger partial charge is 0.492 e. The number of hydrogen-bond acceptors (Lipinski definition) is 3. The Morgan fingerprint density at radius 3 is 2.78 bits per heavy atom. The Morgan fingerprint density at radius 2 is 2.04 bits per heavy atom. The molecular formula is C17H18BrClN2O2. The van der Waals surface area contributed by atoms with Crippen molar-refractivity contribution in [1.29, 1.82) is 0 Å². The van der Waals surface area contributed by atoms with Gasteiger partial charge in [-0.2, -0.15) is 0 Å². The summed E-state index contributed by atoms with van der Waals surface area (Å²) in [6.07, 6.45) is 0. The fraction of sp³-hybridized carbons (Fsp3) is 0.235. The highest BCUT2D eigenvalue weighted by Gasteiger charge is 2.08. The smallest absolute Gasteiger partial charge is 0.238 e. The van der Waals surface area contributed by atoms with E-state index >= 15 is 0 Å². The zero-order valence-corrected chi connectivity index (χ0v) is 15.1. The molecule has 6 heteroatoms. The minimum Gasteiger partial charge on any atom is -0.492 e. The quantitative estimate of drug-likeness (QED) is 0.766. The van der Waals surface area contributed by atoms with Gasteiger partial charge in [0.15, 0.2) is 0 Å². The minimum absolute atomic E-state index is 0.0674. The third-order valence-electron chi connectivity index (χ3n) is 3.10. The second kappa shape index (κ2) is 8.91. The van der Waals surface area contributed by atoms with Gasteiger partial charge in [-0.05, 0) is 53.3 Å². The van der Waals surface area contributed by atoms with E-state index in [1.54, 1.807) is 12.1 Å². The molecule has 0 aliphatic rings. The fourth-order valence-corrected chi connectivity index (χ4v) is 2.52. The van der Waals surface area contributed by atoms with E-state index in [-0.39, 0.29) is 5.91 Å². The van der Waals surface area contributed by atoms with Crippen LogP contribution in [-0.4, -0.2) is 37.6 Å². The van der Waals surface area contributed by atoms with Crippen LogP contribution in [-0.2, 0) is 4.79 Å². The van der Waals surface area contributed by atoms with Gasteiger partial charge in [-0.15, -0.1) is 0 Å². The van der Waals surface area contributed by atoms with Crippen LogP contribution in [0.15, 0.2) is 53.0 Å². The molecule has 4 nitrogen and oxygen atoms in total. The number of likely N-dealkylation sites (N-methyl/N-ethyl adjacent to an activating group) is 1. The van der Waals surface area contributed by atoms with E-state index in [1.807, 2.05) is 48.3 Å². The Kier molecular flexibility index (Phi) is 6.89. The summed E-state index contributed by atoms with van der Waals surface area (Å²) in [4.78, 5) is 13.9. The first-order valence-corrected chi connectivity index (χ1v) is 8.33. The standard InChI is InChI=1S/C17H18BrClN2O2/c1-21(9-10-23-14-6-4-5-13(19)11-14)12-17(22)20-16-8-3-2-7-15(16)18/h2-8,11H,9-10,12H2,1H3,(H,20,22). The molecule has 122 valence electrons. The minimum atomic E-state index is -0.0674. The third-order valence-corrected chi connectivity index (χ3v) is 4.03. The highest BCUT2D eigenvalue weighted by Crippen LogP contribution is 2.21. The lowest BCUT2D eigenvalue weighted by Gasteiger charge is -2.17. The van der Waals surface area contributed by atoms with Gasteiger partial charge in [-0.25, -0.2) is 0 Å². The van der Waals surface area contributed by atoms with Crippen molar-refractivity contribution in [2.75, 3.05) is 32.1 Å². The van der Waals surface area contributed by atoms with Crippen molar-refractivity contribution in [2.45, 2.75) is 0 Å². The van der Waals surface area contributed by atoms with Gasteiger partial charge >= 0.3 is 0 Å². The summed E-state index contributed by atoms with van der Waals surface area (Å²) in [7, 11) is 1.88. The molecule has 0 unspecified atom stereocenters. The first-order chi connectivity index (χ1) is 11.0. The van der Waals surface area contributed by atoms with Crippen molar-refractivity contribution < 1.29 is 9.53 Å². The second-order valence-electron chi connectivity index (χ2n) is 5.07. The molecule has 0 aromatic heterocycles. The van der Waals surface area contributed by atoms with Gasteiger partial charge in [-0.1, -0.05) is 29.8 Å². The van der Waals surface area contributed by atoms with Crippen LogP contribution in [0, 0.1) is 0 Å². The molecule has 0 atom stereocenters. The van der Waals surface area contributed by atoms with Crippen LogP contribution in [0.1, 0.15) is 0 Å². The van der Waals surface area contributed by atoms with Crippen molar-refractivity contribution in [1.82, 2.24) is 4.90 Å². The van der Waals surface area contributed by atoms with Gasteiger partial charge in [0.2, 0.25) is 5.91 Å². The summed E-state index contributed by atoms with van der Waals surface area (Å²) in [5.41, 5.74) is 0.765. The molecule has 0 saturated carbocycles. The molecule has 0 aliphatic heterocycles. The van der Waals surface area contributed by atoms with Crippen LogP contribution in [0.3, 0.4) is 0 Å². The summed E-state index contributed by atoms with van der Waals surface area (Å²) < 4.78 is 6.47. The molecule has 0 spiro atoms. The predicted molar refractivity (Wildman–Crippen MR) is 97.2 cm³/mol. The zero-order valence-electron chi connectivity index (χ0n) is 12.8. The molecule has 0 heterocycles. The third kappa shape index (κ3) is 6.22. The Hall–Kier alpha value is -1.56. The van der Waals surface area contributed by atoms with Gasteiger partial charge in [0.1, 0.15) is 12.4 Å². The monoisotopic (exact) mass is 396 g/mol. The number of benzene rings is 2. The lowest BCUT2D eigenvalue weighted by Crippen LogP contribution is -2.33. The number of nitrogens with zero attached hydrogens (tertiary/aromatic N) is 1. The number of amides is 1. The number of carbonyl (C=O) groups is 1. The predicted octanol–water partition coefficient (Wildman–Crippen LogP) is 4.05. The number of rotatable bonds is 7. The molecule has 0 aliphatic carbocycles. The van der Waals surface area contributed by atoms with Crippen LogP contribution < -0.4 is 10.1 Å². The van der Waals surface area contributed by atoms with Crippen LogP contribution in [0.25, 0.3) is 0 Å². The topological polar surface area (TPSA) is 41.6 Å². The molecule has 23 heavy (non-hydrogen) atoms. The van der Waals surface area contributed by atoms with Crippen molar-refractivity contribution >= 4 is 39.1 Å². The Bertz CT molecular complexity index is 667. The van der Waals surface area contributed by atoms with Crippen LogP contribution in [0.5, 0.6) is 5.75 Å². The molecule has 1 N–H and O–H groups in total. The van der Waals surface area contributed by atoms with E-state index < -0.39 is 0 Å². The highest BCUT2D eigenvalue weighted by atomic mass is 79.9. The van der Waals surface area contributed by atoms with Gasteiger partial charge in [0.05, 0.1) is 12.2 Å². The van der Waals surface area contributed by atoms with E-state index in [1.165, 1.54) is 0 Å². The summed E-state index contributed by atoms with van der Waals surface area (Å²) in [6.45, 7) is 1.41. The van der Waals surface area contributed by atoms with Crippen molar-refractivity contribution in [2.24, 2.45) is 0 Å². The van der Waals surface area contributed by atoms with Gasteiger partial charge in [0.25, 0.3) is 0 Å². The van der Waals surface area contributed by atoms with E-state index in [2.05, 4.69) is 21.2 Å². The summed E-state index contributed by atoms with van der Waals surface area (Å²) in [5, 5.41) is 3.51. The maximum absolute atomic E-state index is 12.0. The molecular weight excluding hydrogens is 380 g/mol. The summed E-state index contributed by atoms with van der Waals surface area (Å²) >= 11 is 9.30. The number of para-hydroxylation sites is 1. The second-order valence-corrected chi connectivity index (χ2v) is 6.36. The van der Waals surface area contributed by atoms with E-state index in [0.717, 1.165) is 15.9 Å². The Labute approximate surface area is 149 Å². The summed E-state index contributed by atoms with van der Waals surface area (Å²) in [6, 6.07) is 14.8. The Balaban J connectivity index is 1.73. The number of nitrogens with one attached hydrogen (secondary N) is 1. The maximum Gasteiger partial charge on any atom is 0.238 e. The fourth-order valence-electron chi connectivity index (χ4n) is 1.95. The molecule has 0 fully saturated rings. The van der Waals surface area contributed by atoms with Gasteiger partial charge < -0.3 is 10.1 Å². The van der Waals surface area contributed by atoms with Crippen molar-refractivity contribution in [3.63, 3.8) is 0 Å². The lowest BCUT2D eigenvalue weighted by molar-refractivity contribution is -0.117. The first-order valence-electron chi connectivity index (χ1n) is 7.16. The van der Waals surface area contributed by atoms with Gasteiger partial charge in [0, 0.05) is 16.0 Å². The summed E-state index contributed by atoms with van der Waals surface area (Å²) in [5.74, 6) is 0.658. The van der Waals surface area contributed by atoms with Crippen LogP contribution in [0.4, 0.5) is 5.69 Å². The molecule has 1 amide bonds. The molecule has 0 saturated heterocycles. The van der Waals surface area contributed by atoms with Crippen LogP contribution in [0.2, 0.25) is 5.02 Å². The SMILES string of the molecule is CN(CCOc1cccc(Cl)c1)CC(=O)Nc1ccccc1Br. The number of hydrogen-bond donors (Lipinski definition) is 1. The molecule has 0 bridgehead atoms. The number of halogens is 2. The average Bonchev–Trinajstić information content (AvgIpc) is 2.49. The normalized spacial score (nSPS) is 10.6. The molecule has 2 rings (SSSR count). The molecule has 0 radical (unpaired) electrons. The number of ether oxygens (including phenoxy) is 1. The van der Waals surface area contributed by atoms with Gasteiger partial charge in [-0.3, -0.25) is 9.69 Å². The number of carbonyl (C=O) groups excluding carboxylic acids is 1. The lowest BCUT2D eigenvalue weighted by atomic mass is 10.3. The highest BCUT2D eigenvalue weighted by molar-refractivity contribution is 9.10. The molecule has 2 aromatic carbocycles. The van der Waals surface area contributed by atoms with E-state index in [0.29, 0.717) is 24.7 Å². The zero-order chi connectivity index (χ0) is 16.7. The first kappa shape index (κ1) is 17.8. The number of anilines is 1. The van der Waals surface area contributed by atoms with E-state index in [4.69, 9.17) is 16.3 Å². The van der Waals surface area contributed by atoms with Crippen LogP contribution >= 0.6 is 27.5 Å². The molecule has 2 aromatic rings. The van der Waals surface area contributed by atoms with Crippen molar-refractivity contribution in [3.8, 4) is 5.75 Å². The average molecular weight is 398 g/mol. The maximum atomic E-state index is 12.0. The van der Waals surface area contributed by atoms with E-state index in [9.17, 15) is 4.79 Å². The Morgan fingerprint density at radius 1 is 1.26 bits per heavy atom. The van der Waals surface area contributed by atoms with Crippen molar-refractivity contribution in [3.05, 3.63) is 58.0 Å².